The Bertz CT molecular complexity index is 1040. The molecule has 0 saturated carbocycles. The van der Waals surface area contributed by atoms with Crippen molar-refractivity contribution < 1.29 is 4.39 Å². The number of anilines is 1. The standard InChI is InChI=1S/C25H31FN6/c1-4-32(16-15-30(2)3)25-21-18-31(17-20-7-5-6-8-22(20)26)14-11-23(21)28-24(29-25)19-9-12-27-13-10-19/h5-10,12-13H,4,11,14-18H2,1-3H3. The van der Waals surface area contributed by atoms with Gasteiger partial charge in [0.1, 0.15) is 11.6 Å². The van der Waals surface area contributed by atoms with Crippen molar-refractivity contribution in [3.05, 3.63) is 71.4 Å². The van der Waals surface area contributed by atoms with Crippen LogP contribution in [0.3, 0.4) is 0 Å². The molecule has 0 radical (unpaired) electrons. The number of pyridine rings is 1. The number of nitrogens with zero attached hydrogens (tertiary/aromatic N) is 6. The van der Waals surface area contributed by atoms with Crippen LogP contribution in [0.2, 0.25) is 0 Å². The van der Waals surface area contributed by atoms with Crippen molar-refractivity contribution in [2.45, 2.75) is 26.4 Å². The van der Waals surface area contributed by atoms with E-state index in [0.29, 0.717) is 13.1 Å². The molecule has 0 atom stereocenters. The van der Waals surface area contributed by atoms with Gasteiger partial charge >= 0.3 is 0 Å². The summed E-state index contributed by atoms with van der Waals surface area (Å²) in [5.41, 5.74) is 3.95. The van der Waals surface area contributed by atoms with Gasteiger partial charge in [-0.15, -0.1) is 0 Å². The average molecular weight is 435 g/mol. The zero-order valence-corrected chi connectivity index (χ0v) is 19.1. The summed E-state index contributed by atoms with van der Waals surface area (Å²) in [6.45, 7) is 7.00. The van der Waals surface area contributed by atoms with Gasteiger partial charge in [-0.1, -0.05) is 18.2 Å². The van der Waals surface area contributed by atoms with E-state index in [1.54, 1.807) is 18.5 Å². The fourth-order valence-electron chi connectivity index (χ4n) is 4.08. The van der Waals surface area contributed by atoms with Crippen LogP contribution in [0.1, 0.15) is 23.7 Å². The molecule has 1 aromatic carbocycles. The first-order valence-electron chi connectivity index (χ1n) is 11.2. The summed E-state index contributed by atoms with van der Waals surface area (Å²) in [7, 11) is 4.17. The van der Waals surface area contributed by atoms with Crippen molar-refractivity contribution in [1.29, 1.82) is 0 Å². The molecule has 3 aromatic rings. The maximum Gasteiger partial charge on any atom is 0.161 e. The number of hydrogen-bond donors (Lipinski definition) is 0. The van der Waals surface area contributed by atoms with Gasteiger partial charge in [-0.3, -0.25) is 9.88 Å². The van der Waals surface area contributed by atoms with Gasteiger partial charge < -0.3 is 9.80 Å². The summed E-state index contributed by atoms with van der Waals surface area (Å²) in [6.07, 6.45) is 4.37. The maximum atomic E-state index is 14.2. The summed E-state index contributed by atoms with van der Waals surface area (Å²) < 4.78 is 14.2. The molecule has 4 rings (SSSR count). The highest BCUT2D eigenvalue weighted by Crippen LogP contribution is 2.30. The van der Waals surface area contributed by atoms with Crippen molar-refractivity contribution in [3.63, 3.8) is 0 Å². The molecule has 0 saturated heterocycles. The van der Waals surface area contributed by atoms with E-state index in [2.05, 4.69) is 40.7 Å². The summed E-state index contributed by atoms with van der Waals surface area (Å²) >= 11 is 0. The third-order valence-electron chi connectivity index (χ3n) is 5.91. The Morgan fingerprint density at radius 3 is 2.53 bits per heavy atom. The van der Waals surface area contributed by atoms with Crippen LogP contribution in [0, 0.1) is 5.82 Å². The number of likely N-dealkylation sites (N-methyl/N-ethyl adjacent to an activating group) is 2. The van der Waals surface area contributed by atoms with Gasteiger partial charge in [-0.05, 0) is 39.2 Å². The van der Waals surface area contributed by atoms with Gasteiger partial charge in [0.15, 0.2) is 5.82 Å². The molecule has 0 unspecified atom stereocenters. The first-order valence-corrected chi connectivity index (χ1v) is 11.2. The highest BCUT2D eigenvalue weighted by molar-refractivity contribution is 5.60. The van der Waals surface area contributed by atoms with Crippen LogP contribution in [0.25, 0.3) is 11.4 Å². The van der Waals surface area contributed by atoms with Gasteiger partial charge in [-0.25, -0.2) is 14.4 Å². The van der Waals surface area contributed by atoms with Crippen molar-refractivity contribution in [2.24, 2.45) is 0 Å². The van der Waals surface area contributed by atoms with Crippen LogP contribution in [0.5, 0.6) is 0 Å². The Morgan fingerprint density at radius 1 is 1.03 bits per heavy atom. The number of aromatic nitrogens is 3. The second-order valence-corrected chi connectivity index (χ2v) is 8.47. The van der Waals surface area contributed by atoms with E-state index in [9.17, 15) is 4.39 Å². The predicted molar refractivity (Wildman–Crippen MR) is 126 cm³/mol. The highest BCUT2D eigenvalue weighted by atomic mass is 19.1. The molecule has 2 aromatic heterocycles. The predicted octanol–water partition coefficient (Wildman–Crippen LogP) is 3.62. The zero-order valence-electron chi connectivity index (χ0n) is 19.1. The summed E-state index contributed by atoms with van der Waals surface area (Å²) in [5.74, 6) is 1.58. The van der Waals surface area contributed by atoms with E-state index in [0.717, 1.165) is 66.6 Å². The molecule has 0 aliphatic carbocycles. The minimum Gasteiger partial charge on any atom is -0.355 e. The molecule has 1 aliphatic rings. The van der Waals surface area contributed by atoms with Gasteiger partial charge in [0.25, 0.3) is 0 Å². The summed E-state index contributed by atoms with van der Waals surface area (Å²) in [4.78, 5) is 20.9. The first-order chi connectivity index (χ1) is 15.5. The largest absolute Gasteiger partial charge is 0.355 e. The Hall–Kier alpha value is -2.90. The fraction of sp³-hybridized carbons (Fsp3) is 0.400. The van der Waals surface area contributed by atoms with Crippen molar-refractivity contribution in [3.8, 4) is 11.4 Å². The third kappa shape index (κ3) is 5.11. The Kier molecular flexibility index (Phi) is 7.07. The fourth-order valence-corrected chi connectivity index (χ4v) is 4.08. The second-order valence-electron chi connectivity index (χ2n) is 8.47. The minimum absolute atomic E-state index is 0.149. The van der Waals surface area contributed by atoms with Crippen LogP contribution < -0.4 is 4.90 Å². The van der Waals surface area contributed by atoms with E-state index >= 15 is 0 Å². The maximum absolute atomic E-state index is 14.2. The van der Waals surface area contributed by atoms with Gasteiger partial charge in [-0.2, -0.15) is 0 Å². The van der Waals surface area contributed by atoms with Crippen molar-refractivity contribution >= 4 is 5.82 Å². The molecule has 0 spiro atoms. The molecule has 3 heterocycles. The summed E-state index contributed by atoms with van der Waals surface area (Å²) in [5, 5.41) is 0. The lowest BCUT2D eigenvalue weighted by Crippen LogP contribution is -2.36. The second kappa shape index (κ2) is 10.1. The molecule has 6 nitrogen and oxygen atoms in total. The van der Waals surface area contributed by atoms with Crippen LogP contribution in [0.15, 0.2) is 48.8 Å². The van der Waals surface area contributed by atoms with Gasteiger partial charge in [0.05, 0.1) is 5.69 Å². The minimum atomic E-state index is -0.149. The van der Waals surface area contributed by atoms with Gasteiger partial charge in [0.2, 0.25) is 0 Å². The van der Waals surface area contributed by atoms with Gasteiger partial charge in [0, 0.05) is 74.8 Å². The zero-order chi connectivity index (χ0) is 22.5. The van der Waals surface area contributed by atoms with E-state index in [1.807, 2.05) is 24.3 Å². The van der Waals surface area contributed by atoms with Crippen LogP contribution in [-0.4, -0.2) is 65.0 Å². The third-order valence-corrected chi connectivity index (χ3v) is 5.91. The smallest absolute Gasteiger partial charge is 0.161 e. The molecule has 0 amide bonds. The molecule has 1 aliphatic heterocycles. The monoisotopic (exact) mass is 434 g/mol. The number of fused-ring (bicyclic) bond motifs is 1. The lowest BCUT2D eigenvalue weighted by molar-refractivity contribution is 0.240. The van der Waals surface area contributed by atoms with Crippen LogP contribution in [0.4, 0.5) is 10.2 Å². The topological polar surface area (TPSA) is 48.4 Å². The molecule has 0 fully saturated rings. The number of rotatable bonds is 8. The van der Waals surface area contributed by atoms with E-state index in [-0.39, 0.29) is 5.82 Å². The normalized spacial score (nSPS) is 13.9. The lowest BCUT2D eigenvalue weighted by Gasteiger charge is -2.33. The molecular weight excluding hydrogens is 403 g/mol. The Balaban J connectivity index is 1.69. The van der Waals surface area contributed by atoms with E-state index < -0.39 is 0 Å². The SMILES string of the molecule is CCN(CCN(C)C)c1nc(-c2ccncc2)nc2c1CN(Cc1ccccc1F)CC2. The van der Waals surface area contributed by atoms with Crippen LogP contribution in [-0.2, 0) is 19.5 Å². The van der Waals surface area contributed by atoms with Crippen molar-refractivity contribution in [1.82, 2.24) is 24.8 Å². The number of halogens is 1. The van der Waals surface area contributed by atoms with E-state index in [4.69, 9.17) is 9.97 Å². The number of hydrogen-bond acceptors (Lipinski definition) is 6. The average Bonchev–Trinajstić information content (AvgIpc) is 2.81. The Labute approximate surface area is 189 Å². The molecule has 32 heavy (non-hydrogen) atoms. The van der Waals surface area contributed by atoms with E-state index in [1.165, 1.54) is 6.07 Å². The molecular formula is C25H31FN6. The highest BCUT2D eigenvalue weighted by Gasteiger charge is 2.26. The lowest BCUT2D eigenvalue weighted by atomic mass is 10.0. The van der Waals surface area contributed by atoms with Crippen LogP contribution >= 0.6 is 0 Å². The molecule has 0 bridgehead atoms. The Morgan fingerprint density at radius 2 is 1.81 bits per heavy atom. The molecule has 168 valence electrons. The summed E-state index contributed by atoms with van der Waals surface area (Å²) in [6, 6.07) is 10.9. The quantitative estimate of drug-likeness (QED) is 0.540. The number of benzene rings is 1. The van der Waals surface area contributed by atoms with Crippen molar-refractivity contribution in [2.75, 3.05) is 45.2 Å². The molecule has 7 heteroatoms. The first kappa shape index (κ1) is 22.3. The molecule has 0 N–H and O–H groups in total.